The number of quaternary nitrogens is 1. The number of unbranched alkanes of at least 4 members (excludes halogenated alkanes) is 7. The van der Waals surface area contributed by atoms with Crippen LogP contribution in [0.15, 0.2) is 72.9 Å². The van der Waals surface area contributed by atoms with E-state index < -0.39 is 18.1 Å². The van der Waals surface area contributed by atoms with E-state index in [2.05, 4.69) is 74.6 Å². The minimum absolute atomic E-state index is 0.0140. The van der Waals surface area contributed by atoms with E-state index in [1.54, 1.807) is 21.1 Å². The molecule has 0 amide bonds. The predicted octanol–water partition coefficient (Wildman–Crippen LogP) is 7.90. The second kappa shape index (κ2) is 32.0. The van der Waals surface area contributed by atoms with E-state index in [1.165, 1.54) is 0 Å². The van der Waals surface area contributed by atoms with Crippen molar-refractivity contribution < 1.29 is 38.2 Å². The van der Waals surface area contributed by atoms with Crippen molar-refractivity contribution in [3.05, 3.63) is 72.9 Å². The molecule has 0 aliphatic heterocycles. The van der Waals surface area contributed by atoms with Crippen molar-refractivity contribution in [2.45, 2.75) is 129 Å². The maximum absolute atomic E-state index is 12.6. The molecule has 8 nitrogen and oxygen atoms in total. The Morgan fingerprint density at radius 3 is 1.86 bits per heavy atom. The number of esters is 2. The Hall–Kier alpha value is -3.23. The number of carboxylic acids is 1. The molecular weight excluding hydrogens is 618 g/mol. The van der Waals surface area contributed by atoms with E-state index in [0.717, 1.165) is 77.0 Å². The van der Waals surface area contributed by atoms with E-state index >= 15 is 0 Å². The Morgan fingerprint density at radius 2 is 1.18 bits per heavy atom. The summed E-state index contributed by atoms with van der Waals surface area (Å²) in [5.41, 5.74) is 0. The topological polar surface area (TPSA) is 102 Å². The molecule has 2 unspecified atom stereocenters. The zero-order valence-electron chi connectivity index (χ0n) is 31.3. The predicted molar refractivity (Wildman–Crippen MR) is 199 cm³/mol. The molecule has 0 saturated heterocycles. The average Bonchev–Trinajstić information content (AvgIpc) is 3.05. The third-order valence-corrected chi connectivity index (χ3v) is 7.65. The van der Waals surface area contributed by atoms with Crippen LogP contribution >= 0.6 is 0 Å². The number of hydrogen-bond acceptors (Lipinski definition) is 7. The molecule has 0 aromatic rings. The van der Waals surface area contributed by atoms with Crippen LogP contribution in [0.2, 0.25) is 0 Å². The maximum atomic E-state index is 12.6. The van der Waals surface area contributed by atoms with E-state index in [9.17, 15) is 19.5 Å². The molecule has 0 saturated carbocycles. The Labute approximate surface area is 298 Å². The number of ether oxygens (including phenoxy) is 3. The van der Waals surface area contributed by atoms with Gasteiger partial charge in [0.05, 0.1) is 40.3 Å². The summed E-state index contributed by atoms with van der Waals surface area (Å²) in [6.07, 6.45) is 37.9. The first-order valence-electron chi connectivity index (χ1n) is 18.5. The molecule has 0 aliphatic carbocycles. The van der Waals surface area contributed by atoms with Crippen LogP contribution in [0, 0.1) is 0 Å². The highest BCUT2D eigenvalue weighted by molar-refractivity contribution is 5.70. The zero-order valence-corrected chi connectivity index (χ0v) is 31.3. The Morgan fingerprint density at radius 1 is 0.633 bits per heavy atom. The Kier molecular flexibility index (Phi) is 29.9. The van der Waals surface area contributed by atoms with Crippen LogP contribution < -0.4 is 5.11 Å². The lowest BCUT2D eigenvalue weighted by Crippen LogP contribution is -2.55. The molecule has 0 N–H and O–H groups in total. The number of allylic oxidation sites excluding steroid dienone is 12. The van der Waals surface area contributed by atoms with Crippen molar-refractivity contribution in [1.82, 2.24) is 0 Å². The normalized spacial score (nSPS) is 13.9. The van der Waals surface area contributed by atoms with Gasteiger partial charge in [-0.25, -0.2) is 0 Å². The molecule has 2 atom stereocenters. The van der Waals surface area contributed by atoms with Gasteiger partial charge in [-0.15, -0.1) is 0 Å². The van der Waals surface area contributed by atoms with Crippen molar-refractivity contribution in [1.29, 1.82) is 0 Å². The highest BCUT2D eigenvalue weighted by atomic mass is 16.6. The van der Waals surface area contributed by atoms with Gasteiger partial charge in [0.15, 0.2) is 6.10 Å². The largest absolute Gasteiger partial charge is 0.544 e. The fraction of sp³-hybridized carbons (Fsp3) is 0.634. The van der Waals surface area contributed by atoms with Gasteiger partial charge in [0, 0.05) is 19.3 Å². The average molecular weight is 686 g/mol. The van der Waals surface area contributed by atoms with E-state index in [1.807, 2.05) is 12.2 Å². The van der Waals surface area contributed by atoms with Crippen LogP contribution in [-0.4, -0.2) is 75.5 Å². The minimum atomic E-state index is -1.14. The van der Waals surface area contributed by atoms with Crippen molar-refractivity contribution in [3.8, 4) is 0 Å². The lowest BCUT2D eigenvalue weighted by molar-refractivity contribution is -0.889. The van der Waals surface area contributed by atoms with Gasteiger partial charge in [0.25, 0.3) is 0 Å². The summed E-state index contributed by atoms with van der Waals surface area (Å²) in [4.78, 5) is 36.6. The molecule has 0 fully saturated rings. The minimum Gasteiger partial charge on any atom is -0.544 e. The summed E-state index contributed by atoms with van der Waals surface area (Å²) in [5, 5.41) is 11.6. The summed E-state index contributed by atoms with van der Waals surface area (Å²) in [7, 11) is 5.36. The molecule has 0 rings (SSSR count). The van der Waals surface area contributed by atoms with Gasteiger partial charge in [0.2, 0.25) is 0 Å². The molecule has 0 radical (unpaired) electrons. The summed E-state index contributed by atoms with van der Waals surface area (Å²) >= 11 is 0. The van der Waals surface area contributed by atoms with Crippen LogP contribution in [0.1, 0.15) is 117 Å². The van der Waals surface area contributed by atoms with E-state index in [-0.39, 0.29) is 49.1 Å². The summed E-state index contributed by atoms with van der Waals surface area (Å²) in [6.45, 7) is 4.31. The Balaban J connectivity index is 4.55. The van der Waals surface area contributed by atoms with Gasteiger partial charge in [-0.05, 0) is 64.2 Å². The number of carboxylic acid groups (broad SMARTS) is 1. The van der Waals surface area contributed by atoms with E-state index in [0.29, 0.717) is 12.8 Å². The zero-order chi connectivity index (χ0) is 36.4. The number of rotatable bonds is 31. The molecule has 278 valence electrons. The van der Waals surface area contributed by atoms with Crippen LogP contribution in [0.3, 0.4) is 0 Å². The molecule has 0 aliphatic rings. The molecular formula is C41H67NO7. The number of aliphatic carboxylic acids is 1. The number of carbonyl (C=O) groups is 3. The quantitative estimate of drug-likeness (QED) is 0.0240. The number of nitrogens with zero attached hydrogens (tertiary/aromatic N) is 1. The first-order valence-corrected chi connectivity index (χ1v) is 18.5. The fourth-order valence-electron chi connectivity index (χ4n) is 4.79. The van der Waals surface area contributed by atoms with Gasteiger partial charge >= 0.3 is 11.9 Å². The first-order chi connectivity index (χ1) is 23.6. The first kappa shape index (κ1) is 45.8. The molecule has 8 heteroatoms. The molecule has 0 spiro atoms. The van der Waals surface area contributed by atoms with E-state index in [4.69, 9.17) is 14.2 Å². The lowest BCUT2D eigenvalue weighted by Gasteiger charge is -2.34. The molecule has 49 heavy (non-hydrogen) atoms. The number of likely N-dealkylation sites (N-methyl/N-ethyl adjacent to an activating group) is 1. The van der Waals surface area contributed by atoms with Gasteiger partial charge in [-0.2, -0.15) is 0 Å². The number of hydrogen-bond donors (Lipinski definition) is 0. The number of carbonyl (C=O) groups excluding carboxylic acids is 3. The molecule has 0 aromatic carbocycles. The highest BCUT2D eigenvalue weighted by Crippen LogP contribution is 2.11. The second-order valence-corrected chi connectivity index (χ2v) is 13.1. The summed E-state index contributed by atoms with van der Waals surface area (Å²) < 4.78 is 17.0. The molecule has 0 heterocycles. The fourth-order valence-corrected chi connectivity index (χ4v) is 4.79. The van der Waals surface area contributed by atoms with Gasteiger partial charge in [-0.1, -0.05) is 106 Å². The van der Waals surface area contributed by atoms with Crippen LogP contribution in [0.4, 0.5) is 0 Å². The summed E-state index contributed by atoms with van der Waals surface area (Å²) in [6, 6.07) is -0.738. The van der Waals surface area contributed by atoms with Gasteiger partial charge < -0.3 is 28.6 Å². The van der Waals surface area contributed by atoms with Crippen molar-refractivity contribution >= 4 is 17.9 Å². The standard InChI is InChI=1S/C41H67NO7/c1-6-8-10-12-14-16-18-20-22-23-25-27-29-31-39(43)48-36-37(35-47-34-33-38(41(45)46)42(3,4)5)49-40(44)32-30-28-26-24-21-19-17-15-13-11-9-7-2/h8-12,14-18,21,24,37-38H,6-7,13,19-20,22-23,25-36H2,1-5H3/b10-8+,11-9+,14-12+,17-15+,18-16+,24-21+. The monoisotopic (exact) mass is 685 g/mol. The van der Waals surface area contributed by atoms with Crippen LogP contribution in [-0.2, 0) is 28.6 Å². The van der Waals surface area contributed by atoms with Gasteiger partial charge in [-0.3, -0.25) is 9.59 Å². The SMILES string of the molecule is CC/C=C/C=C/C=C/CCCCCCCC(=O)OCC(COCCC(C(=O)[O-])[N+](C)(C)C)OC(=O)CCCC/C=C/C/C=C/C/C=C/CC. The third-order valence-electron chi connectivity index (χ3n) is 7.65. The summed E-state index contributed by atoms with van der Waals surface area (Å²) in [5.74, 6) is -1.83. The van der Waals surface area contributed by atoms with Gasteiger partial charge in [0.1, 0.15) is 12.6 Å². The van der Waals surface area contributed by atoms with Crippen molar-refractivity contribution in [2.24, 2.45) is 0 Å². The highest BCUT2D eigenvalue weighted by Gasteiger charge is 2.25. The third kappa shape index (κ3) is 30.6. The van der Waals surface area contributed by atoms with Crippen LogP contribution in [0.25, 0.3) is 0 Å². The van der Waals surface area contributed by atoms with Crippen molar-refractivity contribution in [2.75, 3.05) is 41.0 Å². The lowest BCUT2D eigenvalue weighted by atomic mass is 10.1. The smallest absolute Gasteiger partial charge is 0.306 e. The molecule has 0 bridgehead atoms. The second-order valence-electron chi connectivity index (χ2n) is 13.1. The van der Waals surface area contributed by atoms with Crippen LogP contribution in [0.5, 0.6) is 0 Å². The molecule has 0 aromatic heterocycles. The maximum Gasteiger partial charge on any atom is 0.306 e. The Bertz CT molecular complexity index is 1030. The van der Waals surface area contributed by atoms with Crippen molar-refractivity contribution in [3.63, 3.8) is 0 Å².